The van der Waals surface area contributed by atoms with E-state index in [0.29, 0.717) is 28.0 Å². The Bertz CT molecular complexity index is 1800. The molecule has 0 N–H and O–H groups in total. The SMILES string of the molecule is C=C1c2c(C)c(C)c(C)c(C)c2C(=O)N1c1cccc2c1C(C)C(=C1C(=O)c3c(C)c(C)c(C)c(C)c3C1=O)C=C2. The summed E-state index contributed by atoms with van der Waals surface area (Å²) in [7, 11) is 0. The molecular formula is C37H35NO3. The van der Waals surface area contributed by atoms with Gasteiger partial charge in [0.25, 0.3) is 5.91 Å². The van der Waals surface area contributed by atoms with Gasteiger partial charge in [0.15, 0.2) is 11.6 Å². The molecule has 0 spiro atoms. The van der Waals surface area contributed by atoms with Crippen molar-refractivity contribution in [1.82, 2.24) is 0 Å². The molecule has 3 aliphatic rings. The Hall–Kier alpha value is -4.31. The molecule has 4 heteroatoms. The largest absolute Gasteiger partial charge is 0.288 e. The number of carbonyl (C=O) groups is 3. The molecule has 41 heavy (non-hydrogen) atoms. The van der Waals surface area contributed by atoms with Crippen LogP contribution in [0.1, 0.15) is 105 Å². The smallest absolute Gasteiger partial charge is 0.263 e. The first-order valence-corrected chi connectivity index (χ1v) is 14.2. The zero-order valence-electron chi connectivity index (χ0n) is 25.3. The van der Waals surface area contributed by atoms with Gasteiger partial charge in [0.05, 0.1) is 22.5 Å². The van der Waals surface area contributed by atoms with Crippen molar-refractivity contribution in [3.8, 4) is 0 Å². The lowest BCUT2D eigenvalue weighted by molar-refractivity contribution is 0.0980. The number of Topliss-reactive ketones (excluding diaryl/α,β-unsaturated/α-hetero) is 2. The van der Waals surface area contributed by atoms with Gasteiger partial charge in [-0.25, -0.2) is 0 Å². The van der Waals surface area contributed by atoms with Gasteiger partial charge < -0.3 is 0 Å². The molecule has 1 unspecified atom stereocenters. The fourth-order valence-electron chi connectivity index (χ4n) is 7.20. The molecule has 1 amide bonds. The molecular weight excluding hydrogens is 506 g/mol. The molecule has 2 aliphatic carbocycles. The Morgan fingerprint density at radius 1 is 0.634 bits per heavy atom. The van der Waals surface area contributed by atoms with Gasteiger partial charge >= 0.3 is 0 Å². The molecule has 3 aromatic carbocycles. The third-order valence-electron chi connectivity index (χ3n) is 10.2. The highest BCUT2D eigenvalue weighted by molar-refractivity contribution is 6.41. The number of hydrogen-bond donors (Lipinski definition) is 0. The highest BCUT2D eigenvalue weighted by Gasteiger charge is 2.42. The van der Waals surface area contributed by atoms with Crippen LogP contribution >= 0.6 is 0 Å². The molecule has 6 rings (SSSR count). The standard InChI is InChI=1S/C37H35NO3/c1-16-19(4)23(8)33-29(20(16)5)25(10)38(37(33)41)28-13-11-12-26-14-15-27(24(9)30(26)28)34-35(39)31-21(6)17(2)18(3)22(7)32(31)36(34)40/h11-15,24H,10H2,1-9H3. The molecule has 0 bridgehead atoms. The summed E-state index contributed by atoms with van der Waals surface area (Å²) in [6.45, 7) is 22.5. The quantitative estimate of drug-likeness (QED) is 0.230. The number of nitrogens with zero attached hydrogens (tertiary/aromatic N) is 1. The number of hydrogen-bond acceptors (Lipinski definition) is 3. The van der Waals surface area contributed by atoms with E-state index in [4.69, 9.17) is 0 Å². The van der Waals surface area contributed by atoms with E-state index < -0.39 is 0 Å². The molecule has 4 nitrogen and oxygen atoms in total. The van der Waals surface area contributed by atoms with E-state index in [0.717, 1.165) is 61.3 Å². The molecule has 0 radical (unpaired) electrons. The summed E-state index contributed by atoms with van der Waals surface area (Å²) in [4.78, 5) is 43.7. The Labute approximate surface area is 242 Å². The van der Waals surface area contributed by atoms with Crippen LogP contribution in [0.15, 0.2) is 42.0 Å². The van der Waals surface area contributed by atoms with Crippen LogP contribution in [0.3, 0.4) is 0 Å². The van der Waals surface area contributed by atoms with E-state index in [-0.39, 0.29) is 29.0 Å². The molecule has 1 heterocycles. The van der Waals surface area contributed by atoms with Crippen LogP contribution in [0, 0.1) is 55.4 Å². The highest BCUT2D eigenvalue weighted by Crippen LogP contribution is 2.48. The van der Waals surface area contributed by atoms with E-state index >= 15 is 0 Å². The fraction of sp³-hybridized carbons (Fsp3) is 0.270. The number of allylic oxidation sites excluding steroid dienone is 3. The van der Waals surface area contributed by atoms with Crippen LogP contribution in [-0.2, 0) is 0 Å². The van der Waals surface area contributed by atoms with Gasteiger partial charge in [-0.1, -0.05) is 37.8 Å². The third-order valence-corrected chi connectivity index (χ3v) is 10.2. The van der Waals surface area contributed by atoms with Crippen molar-refractivity contribution >= 4 is 34.9 Å². The minimum absolute atomic E-state index is 0.0873. The molecule has 0 saturated heterocycles. The zero-order valence-corrected chi connectivity index (χ0v) is 25.3. The normalized spacial score (nSPS) is 17.6. The average Bonchev–Trinajstić information content (AvgIpc) is 3.36. The maximum Gasteiger partial charge on any atom is 0.263 e. The maximum absolute atomic E-state index is 14.1. The minimum atomic E-state index is -0.291. The van der Waals surface area contributed by atoms with Crippen LogP contribution in [-0.4, -0.2) is 17.5 Å². The van der Waals surface area contributed by atoms with E-state index in [9.17, 15) is 14.4 Å². The zero-order chi connectivity index (χ0) is 29.8. The summed E-state index contributed by atoms with van der Waals surface area (Å²) in [5, 5.41) is 0. The maximum atomic E-state index is 14.1. The molecule has 206 valence electrons. The number of anilines is 1. The highest BCUT2D eigenvalue weighted by atomic mass is 16.2. The first-order valence-electron chi connectivity index (χ1n) is 14.2. The second-order valence-electron chi connectivity index (χ2n) is 11.9. The molecule has 1 atom stereocenters. The monoisotopic (exact) mass is 541 g/mol. The minimum Gasteiger partial charge on any atom is -0.288 e. The number of carbonyl (C=O) groups excluding carboxylic acids is 3. The lowest BCUT2D eigenvalue weighted by Crippen LogP contribution is -2.25. The van der Waals surface area contributed by atoms with Crippen molar-refractivity contribution in [2.45, 2.75) is 68.2 Å². The van der Waals surface area contributed by atoms with Crippen LogP contribution in [0.4, 0.5) is 5.69 Å². The van der Waals surface area contributed by atoms with Gasteiger partial charge in [0, 0.05) is 22.6 Å². The van der Waals surface area contributed by atoms with Gasteiger partial charge in [-0.3, -0.25) is 19.3 Å². The van der Waals surface area contributed by atoms with E-state index in [1.54, 1.807) is 4.90 Å². The van der Waals surface area contributed by atoms with Crippen molar-refractivity contribution in [3.05, 3.63) is 120 Å². The van der Waals surface area contributed by atoms with Gasteiger partial charge in [0.1, 0.15) is 0 Å². The van der Waals surface area contributed by atoms with Gasteiger partial charge in [-0.05, 0) is 123 Å². The van der Waals surface area contributed by atoms with E-state index in [1.807, 2.05) is 71.9 Å². The van der Waals surface area contributed by atoms with Gasteiger partial charge in [-0.2, -0.15) is 0 Å². The van der Waals surface area contributed by atoms with Crippen molar-refractivity contribution in [3.63, 3.8) is 0 Å². The number of fused-ring (bicyclic) bond motifs is 3. The van der Waals surface area contributed by atoms with Crippen LogP contribution < -0.4 is 4.90 Å². The molecule has 1 aliphatic heterocycles. The van der Waals surface area contributed by atoms with Gasteiger partial charge in [0.2, 0.25) is 0 Å². The second-order valence-corrected chi connectivity index (χ2v) is 11.9. The summed E-state index contributed by atoms with van der Waals surface area (Å²) < 4.78 is 0. The lowest BCUT2D eigenvalue weighted by Gasteiger charge is -2.29. The first kappa shape index (κ1) is 26.9. The topological polar surface area (TPSA) is 54.5 Å². The van der Waals surface area contributed by atoms with E-state index in [2.05, 4.69) is 27.4 Å². The molecule has 0 fully saturated rings. The van der Waals surface area contributed by atoms with Crippen molar-refractivity contribution < 1.29 is 14.4 Å². The van der Waals surface area contributed by atoms with Crippen molar-refractivity contribution in [2.75, 3.05) is 4.90 Å². The van der Waals surface area contributed by atoms with Crippen molar-refractivity contribution in [2.24, 2.45) is 0 Å². The summed E-state index contributed by atoms with van der Waals surface area (Å²) in [6, 6.07) is 5.91. The third kappa shape index (κ3) is 3.31. The number of benzene rings is 3. The average molecular weight is 542 g/mol. The first-order chi connectivity index (χ1) is 19.3. The Kier molecular flexibility index (Phi) is 5.80. The Morgan fingerprint density at radius 3 is 1.66 bits per heavy atom. The Morgan fingerprint density at radius 2 is 1.12 bits per heavy atom. The molecule has 3 aromatic rings. The van der Waals surface area contributed by atoms with Crippen molar-refractivity contribution in [1.29, 1.82) is 0 Å². The summed E-state index contributed by atoms with van der Waals surface area (Å²) in [5.74, 6) is -0.781. The number of amides is 1. The Balaban J connectivity index is 1.53. The summed E-state index contributed by atoms with van der Waals surface area (Å²) >= 11 is 0. The fourth-order valence-corrected chi connectivity index (χ4v) is 7.20. The lowest BCUT2D eigenvalue weighted by atomic mass is 9.80. The van der Waals surface area contributed by atoms with Crippen LogP contribution in [0.5, 0.6) is 0 Å². The summed E-state index contributed by atoms with van der Waals surface area (Å²) in [5.41, 5.74) is 15.1. The number of rotatable bonds is 1. The second kappa shape index (κ2) is 8.84. The predicted molar refractivity (Wildman–Crippen MR) is 166 cm³/mol. The van der Waals surface area contributed by atoms with Crippen LogP contribution in [0.2, 0.25) is 0 Å². The van der Waals surface area contributed by atoms with Crippen LogP contribution in [0.25, 0.3) is 11.8 Å². The molecule has 0 aromatic heterocycles. The molecule has 0 saturated carbocycles. The van der Waals surface area contributed by atoms with Gasteiger partial charge in [-0.15, -0.1) is 0 Å². The van der Waals surface area contributed by atoms with E-state index in [1.165, 1.54) is 5.56 Å². The predicted octanol–water partition coefficient (Wildman–Crippen LogP) is 8.29. The summed E-state index contributed by atoms with van der Waals surface area (Å²) in [6.07, 6.45) is 3.87. The number of ketones is 2.